The van der Waals surface area contributed by atoms with Gasteiger partial charge in [-0.1, -0.05) is 6.92 Å². The van der Waals surface area contributed by atoms with Gasteiger partial charge >= 0.3 is 12.0 Å². The van der Waals surface area contributed by atoms with Crippen molar-refractivity contribution in [2.24, 2.45) is 5.92 Å². The smallest absolute Gasteiger partial charge is 0.315 e. The number of amides is 2. The SMILES string of the molecule is CCc1cnc(C(C)NC(=O)NC2COCC2C(=O)O)s1. The van der Waals surface area contributed by atoms with E-state index in [-0.39, 0.29) is 19.3 Å². The maximum atomic E-state index is 11.9. The first-order valence-electron chi connectivity index (χ1n) is 6.83. The summed E-state index contributed by atoms with van der Waals surface area (Å²) in [6.07, 6.45) is 2.72. The van der Waals surface area contributed by atoms with Gasteiger partial charge in [-0.2, -0.15) is 0 Å². The summed E-state index contributed by atoms with van der Waals surface area (Å²) in [5.74, 6) is -1.66. The molecule has 3 unspecified atom stereocenters. The molecule has 2 heterocycles. The van der Waals surface area contributed by atoms with E-state index in [0.29, 0.717) is 0 Å². The van der Waals surface area contributed by atoms with E-state index in [1.54, 1.807) is 17.5 Å². The number of hydrogen-bond donors (Lipinski definition) is 3. The van der Waals surface area contributed by atoms with Crippen LogP contribution in [0.5, 0.6) is 0 Å². The van der Waals surface area contributed by atoms with Gasteiger partial charge in [0.2, 0.25) is 0 Å². The number of aromatic nitrogens is 1. The highest BCUT2D eigenvalue weighted by Crippen LogP contribution is 2.20. The van der Waals surface area contributed by atoms with Gasteiger partial charge in [0, 0.05) is 11.1 Å². The van der Waals surface area contributed by atoms with E-state index in [9.17, 15) is 9.59 Å². The Balaban J connectivity index is 1.87. The summed E-state index contributed by atoms with van der Waals surface area (Å²) in [6, 6.07) is -1.13. The molecule has 3 atom stereocenters. The zero-order valence-corrected chi connectivity index (χ0v) is 12.8. The number of rotatable bonds is 5. The lowest BCUT2D eigenvalue weighted by Gasteiger charge is -2.18. The summed E-state index contributed by atoms with van der Waals surface area (Å²) in [7, 11) is 0. The predicted octanol–water partition coefficient (Wildman–Crippen LogP) is 1.17. The van der Waals surface area contributed by atoms with Crippen LogP contribution < -0.4 is 10.6 Å². The summed E-state index contributed by atoms with van der Waals surface area (Å²) in [5.41, 5.74) is 0. The lowest BCUT2D eigenvalue weighted by molar-refractivity contribution is -0.142. The number of carboxylic acids is 1. The number of carbonyl (C=O) groups is 2. The Kier molecular flexibility index (Phi) is 5.13. The fourth-order valence-electron chi connectivity index (χ4n) is 2.09. The third-order valence-electron chi connectivity index (χ3n) is 3.35. The van der Waals surface area contributed by atoms with Crippen molar-refractivity contribution in [3.05, 3.63) is 16.1 Å². The van der Waals surface area contributed by atoms with Crippen molar-refractivity contribution < 1.29 is 19.4 Å². The summed E-state index contributed by atoms with van der Waals surface area (Å²) < 4.78 is 5.11. The molecule has 0 saturated carbocycles. The molecule has 1 aromatic rings. The first-order valence-corrected chi connectivity index (χ1v) is 7.65. The minimum atomic E-state index is -0.960. The highest BCUT2D eigenvalue weighted by atomic mass is 32.1. The van der Waals surface area contributed by atoms with Gasteiger partial charge in [0.25, 0.3) is 0 Å². The summed E-state index contributed by atoms with van der Waals surface area (Å²) in [6.45, 7) is 4.24. The van der Waals surface area contributed by atoms with Gasteiger partial charge in [-0.15, -0.1) is 11.3 Å². The van der Waals surface area contributed by atoms with Crippen LogP contribution in [0.3, 0.4) is 0 Å². The van der Waals surface area contributed by atoms with Crippen LogP contribution in [0.4, 0.5) is 4.79 Å². The Bertz CT molecular complexity index is 519. The molecule has 1 fully saturated rings. The number of urea groups is 1. The van der Waals surface area contributed by atoms with E-state index >= 15 is 0 Å². The van der Waals surface area contributed by atoms with Crippen LogP contribution >= 0.6 is 11.3 Å². The first-order chi connectivity index (χ1) is 10.0. The van der Waals surface area contributed by atoms with Crippen LogP contribution in [0.25, 0.3) is 0 Å². The van der Waals surface area contributed by atoms with Gasteiger partial charge in [0.1, 0.15) is 10.9 Å². The quantitative estimate of drug-likeness (QED) is 0.757. The number of ether oxygens (including phenoxy) is 1. The number of thiazole rings is 1. The minimum Gasteiger partial charge on any atom is -0.481 e. The monoisotopic (exact) mass is 313 g/mol. The number of aliphatic carboxylic acids is 1. The van der Waals surface area contributed by atoms with Crippen molar-refractivity contribution in [1.29, 1.82) is 0 Å². The van der Waals surface area contributed by atoms with Crippen LogP contribution in [0.2, 0.25) is 0 Å². The van der Waals surface area contributed by atoms with Crippen molar-refractivity contribution in [2.45, 2.75) is 32.4 Å². The first kappa shape index (κ1) is 15.7. The van der Waals surface area contributed by atoms with Crippen molar-refractivity contribution >= 4 is 23.3 Å². The molecule has 1 aliphatic heterocycles. The molecule has 2 amide bonds. The van der Waals surface area contributed by atoms with E-state index in [4.69, 9.17) is 9.84 Å². The highest BCUT2D eigenvalue weighted by Gasteiger charge is 2.35. The largest absolute Gasteiger partial charge is 0.481 e. The van der Waals surface area contributed by atoms with Crippen LogP contribution in [0, 0.1) is 5.92 Å². The lowest BCUT2D eigenvalue weighted by atomic mass is 10.0. The third kappa shape index (κ3) is 3.92. The van der Waals surface area contributed by atoms with E-state index in [0.717, 1.165) is 16.3 Å². The molecule has 1 aromatic heterocycles. The van der Waals surface area contributed by atoms with Gasteiger partial charge < -0.3 is 20.5 Å². The second-order valence-electron chi connectivity index (χ2n) is 4.95. The van der Waals surface area contributed by atoms with Crippen molar-refractivity contribution in [3.8, 4) is 0 Å². The van der Waals surface area contributed by atoms with Crippen molar-refractivity contribution in [1.82, 2.24) is 15.6 Å². The Hall–Kier alpha value is -1.67. The second kappa shape index (κ2) is 6.86. The van der Waals surface area contributed by atoms with E-state index in [1.807, 2.05) is 13.8 Å². The topological polar surface area (TPSA) is 101 Å². The molecule has 3 N–H and O–H groups in total. The lowest BCUT2D eigenvalue weighted by Crippen LogP contribution is -2.47. The number of carbonyl (C=O) groups excluding carboxylic acids is 1. The molecule has 8 heteroatoms. The molecular weight excluding hydrogens is 294 g/mol. The zero-order chi connectivity index (χ0) is 15.4. The fraction of sp³-hybridized carbons (Fsp3) is 0.615. The summed E-state index contributed by atoms with van der Waals surface area (Å²) in [5, 5.41) is 15.3. The Morgan fingerprint density at radius 1 is 1.57 bits per heavy atom. The predicted molar refractivity (Wildman–Crippen MR) is 77.3 cm³/mol. The second-order valence-corrected chi connectivity index (χ2v) is 6.09. The van der Waals surface area contributed by atoms with E-state index < -0.39 is 24.0 Å². The Morgan fingerprint density at radius 3 is 2.95 bits per heavy atom. The average molecular weight is 313 g/mol. The maximum Gasteiger partial charge on any atom is 0.315 e. The van der Waals surface area contributed by atoms with Crippen molar-refractivity contribution in [3.63, 3.8) is 0 Å². The molecule has 7 nitrogen and oxygen atoms in total. The Morgan fingerprint density at radius 2 is 2.33 bits per heavy atom. The van der Waals surface area contributed by atoms with Gasteiger partial charge in [0.15, 0.2) is 0 Å². The molecule has 21 heavy (non-hydrogen) atoms. The van der Waals surface area contributed by atoms with E-state index in [2.05, 4.69) is 15.6 Å². The molecule has 0 aromatic carbocycles. The molecule has 1 aliphatic rings. The molecule has 0 aliphatic carbocycles. The molecule has 2 rings (SSSR count). The number of nitrogens with one attached hydrogen (secondary N) is 2. The standard InChI is InChI=1S/C13H19N3O4S/c1-3-8-4-14-11(21-8)7(2)15-13(19)16-10-6-20-5-9(10)12(17)18/h4,7,9-10H,3,5-6H2,1-2H3,(H,17,18)(H2,15,16,19). The molecular formula is C13H19N3O4S. The fourth-order valence-corrected chi connectivity index (χ4v) is 2.95. The average Bonchev–Trinajstić information content (AvgIpc) is 3.06. The molecule has 0 bridgehead atoms. The van der Waals surface area contributed by atoms with Crippen LogP contribution in [0.15, 0.2) is 6.20 Å². The van der Waals surface area contributed by atoms with Crippen LogP contribution in [-0.4, -0.2) is 41.3 Å². The third-order valence-corrected chi connectivity index (χ3v) is 4.68. The molecule has 0 spiro atoms. The van der Waals surface area contributed by atoms with Gasteiger partial charge in [0.05, 0.1) is 25.3 Å². The number of hydrogen-bond acceptors (Lipinski definition) is 5. The number of aryl methyl sites for hydroxylation is 1. The van der Waals surface area contributed by atoms with Crippen LogP contribution in [-0.2, 0) is 16.0 Å². The summed E-state index contributed by atoms with van der Waals surface area (Å²) >= 11 is 1.56. The normalized spacial score (nSPS) is 22.8. The number of carboxylic acid groups (broad SMARTS) is 1. The molecule has 1 saturated heterocycles. The van der Waals surface area contributed by atoms with Gasteiger partial charge in [-0.25, -0.2) is 9.78 Å². The maximum absolute atomic E-state index is 11.9. The zero-order valence-electron chi connectivity index (χ0n) is 12.0. The molecule has 0 radical (unpaired) electrons. The molecule has 116 valence electrons. The van der Waals surface area contributed by atoms with Crippen molar-refractivity contribution in [2.75, 3.05) is 13.2 Å². The Labute approximate surface area is 126 Å². The van der Waals surface area contributed by atoms with Gasteiger partial charge in [-0.05, 0) is 13.3 Å². The van der Waals surface area contributed by atoms with Gasteiger partial charge in [-0.3, -0.25) is 4.79 Å². The highest BCUT2D eigenvalue weighted by molar-refractivity contribution is 7.11. The number of nitrogens with zero attached hydrogens (tertiary/aromatic N) is 1. The summed E-state index contributed by atoms with van der Waals surface area (Å²) in [4.78, 5) is 28.4. The van der Waals surface area contributed by atoms with E-state index in [1.165, 1.54) is 0 Å². The minimum absolute atomic E-state index is 0.127. The van der Waals surface area contributed by atoms with Crippen LogP contribution in [0.1, 0.15) is 29.8 Å².